The number of aliphatic hydroxyl groups is 1. The molecule has 32 heavy (non-hydrogen) atoms. The fourth-order valence-corrected chi connectivity index (χ4v) is 5.51. The SMILES string of the molecule is CC1(C2=NCC3(CCCCC3)C2)OCCC(n2cc(-c3cc(F)c(F)c(F)c3)nn2)C1O. The quantitative estimate of drug-likeness (QED) is 0.713. The van der Waals surface area contributed by atoms with Crippen LogP contribution in [-0.4, -0.2) is 50.7 Å². The maximum Gasteiger partial charge on any atom is 0.194 e. The second kappa shape index (κ2) is 7.95. The minimum atomic E-state index is -1.52. The molecule has 0 bridgehead atoms. The lowest BCUT2D eigenvalue weighted by molar-refractivity contribution is -0.129. The maximum atomic E-state index is 13.6. The molecule has 3 heterocycles. The zero-order chi connectivity index (χ0) is 22.5. The van der Waals surface area contributed by atoms with Crippen molar-refractivity contribution in [3.05, 3.63) is 35.8 Å². The molecule has 3 aliphatic rings. The highest BCUT2D eigenvalue weighted by molar-refractivity contribution is 5.95. The molecule has 9 heteroatoms. The van der Waals surface area contributed by atoms with Crippen LogP contribution in [0.25, 0.3) is 11.3 Å². The Hall–Kier alpha value is -2.26. The van der Waals surface area contributed by atoms with Crippen LogP contribution in [-0.2, 0) is 4.74 Å². The standard InChI is InChI=1S/C23H27F3N4O2/c1-22(19-11-23(13-27-19)6-3-2-4-7-23)21(31)18(5-8-32-22)30-12-17(28-29-30)14-9-15(24)20(26)16(25)10-14/h9-10,12,18,21,31H,2-8,11,13H2,1H3. The molecule has 1 saturated carbocycles. The van der Waals surface area contributed by atoms with Gasteiger partial charge in [0, 0.05) is 17.8 Å². The van der Waals surface area contributed by atoms with E-state index in [1.165, 1.54) is 30.1 Å². The number of aromatic nitrogens is 3. The highest BCUT2D eigenvalue weighted by atomic mass is 19.2. The molecule has 1 N–H and O–H groups in total. The van der Waals surface area contributed by atoms with Gasteiger partial charge in [0.05, 0.1) is 18.8 Å². The molecule has 3 atom stereocenters. The minimum Gasteiger partial charge on any atom is -0.387 e. The lowest BCUT2D eigenvalue weighted by Crippen LogP contribution is -2.56. The highest BCUT2D eigenvalue weighted by Crippen LogP contribution is 2.47. The Morgan fingerprint density at radius 2 is 1.84 bits per heavy atom. The number of hydrogen-bond donors (Lipinski definition) is 1. The summed E-state index contributed by atoms with van der Waals surface area (Å²) in [6.07, 6.45) is 7.98. The van der Waals surface area contributed by atoms with Crippen molar-refractivity contribution < 1.29 is 23.0 Å². The smallest absolute Gasteiger partial charge is 0.194 e. The number of nitrogens with zero attached hydrogens (tertiary/aromatic N) is 4. The Labute approximate surface area is 184 Å². The average Bonchev–Trinajstić information content (AvgIpc) is 3.43. The normalized spacial score (nSPS) is 30.0. The monoisotopic (exact) mass is 448 g/mol. The van der Waals surface area contributed by atoms with Crippen LogP contribution in [0.4, 0.5) is 13.2 Å². The summed E-state index contributed by atoms with van der Waals surface area (Å²) in [5, 5.41) is 19.4. The summed E-state index contributed by atoms with van der Waals surface area (Å²) >= 11 is 0. The van der Waals surface area contributed by atoms with Gasteiger partial charge in [-0.3, -0.25) is 4.99 Å². The van der Waals surface area contributed by atoms with Gasteiger partial charge in [-0.2, -0.15) is 0 Å². The number of aliphatic imine (C=N–C) groups is 1. The van der Waals surface area contributed by atoms with E-state index >= 15 is 0 Å². The van der Waals surface area contributed by atoms with Gasteiger partial charge in [-0.25, -0.2) is 17.9 Å². The summed E-state index contributed by atoms with van der Waals surface area (Å²) in [7, 11) is 0. The molecule has 0 radical (unpaired) electrons. The molecule has 1 saturated heterocycles. The predicted molar refractivity (Wildman–Crippen MR) is 112 cm³/mol. The number of benzene rings is 1. The topological polar surface area (TPSA) is 72.5 Å². The second-order valence-corrected chi connectivity index (χ2v) is 9.59. The Kier molecular flexibility index (Phi) is 5.36. The van der Waals surface area contributed by atoms with Gasteiger partial charge >= 0.3 is 0 Å². The molecule has 2 aromatic rings. The van der Waals surface area contributed by atoms with Crippen molar-refractivity contribution in [1.29, 1.82) is 0 Å². The molecule has 3 unspecified atom stereocenters. The van der Waals surface area contributed by atoms with Crippen molar-refractivity contribution in [3.8, 4) is 11.3 Å². The summed E-state index contributed by atoms with van der Waals surface area (Å²) in [6.45, 7) is 3.08. The van der Waals surface area contributed by atoms with Crippen LogP contribution >= 0.6 is 0 Å². The third-order valence-corrected chi connectivity index (χ3v) is 7.51. The largest absolute Gasteiger partial charge is 0.387 e. The van der Waals surface area contributed by atoms with Crippen LogP contribution in [0.2, 0.25) is 0 Å². The molecule has 1 aliphatic carbocycles. The van der Waals surface area contributed by atoms with Crippen LogP contribution < -0.4 is 0 Å². The highest BCUT2D eigenvalue weighted by Gasteiger charge is 2.51. The van der Waals surface area contributed by atoms with Gasteiger partial charge < -0.3 is 9.84 Å². The van der Waals surface area contributed by atoms with E-state index in [4.69, 9.17) is 9.73 Å². The summed E-state index contributed by atoms with van der Waals surface area (Å²) in [5.41, 5.74) is 0.451. The molecule has 1 aromatic carbocycles. The van der Waals surface area contributed by atoms with E-state index in [0.29, 0.717) is 13.0 Å². The van der Waals surface area contributed by atoms with Gasteiger partial charge in [0.25, 0.3) is 0 Å². The van der Waals surface area contributed by atoms with Crippen molar-refractivity contribution in [2.45, 2.75) is 69.6 Å². The van der Waals surface area contributed by atoms with E-state index in [9.17, 15) is 18.3 Å². The Morgan fingerprint density at radius 3 is 2.56 bits per heavy atom. The molecular formula is C23H27F3N4O2. The Balaban J connectivity index is 1.38. The number of hydrogen-bond acceptors (Lipinski definition) is 5. The summed E-state index contributed by atoms with van der Waals surface area (Å²) < 4.78 is 48.2. The molecule has 6 nitrogen and oxygen atoms in total. The number of halogens is 3. The number of ether oxygens (including phenoxy) is 1. The third kappa shape index (κ3) is 3.55. The van der Waals surface area contributed by atoms with Gasteiger partial charge in [-0.1, -0.05) is 24.5 Å². The summed E-state index contributed by atoms with van der Waals surface area (Å²) in [4.78, 5) is 4.83. The van der Waals surface area contributed by atoms with Gasteiger partial charge in [0.2, 0.25) is 0 Å². The molecule has 1 spiro atoms. The molecule has 1 aromatic heterocycles. The summed E-state index contributed by atoms with van der Waals surface area (Å²) in [6, 6.07) is 1.33. The Morgan fingerprint density at radius 1 is 1.12 bits per heavy atom. The van der Waals surface area contributed by atoms with Crippen LogP contribution in [0.1, 0.15) is 57.9 Å². The Bertz CT molecular complexity index is 1030. The van der Waals surface area contributed by atoms with Crippen LogP contribution in [0, 0.1) is 22.9 Å². The number of aliphatic hydroxyl groups excluding tert-OH is 1. The van der Waals surface area contributed by atoms with E-state index < -0.39 is 35.2 Å². The van der Waals surface area contributed by atoms with Crippen molar-refractivity contribution in [3.63, 3.8) is 0 Å². The first-order valence-corrected chi connectivity index (χ1v) is 11.2. The predicted octanol–water partition coefficient (Wildman–Crippen LogP) is 4.24. The second-order valence-electron chi connectivity index (χ2n) is 9.59. The molecule has 0 amide bonds. The van der Waals surface area contributed by atoms with Crippen molar-refractivity contribution in [1.82, 2.24) is 15.0 Å². The summed E-state index contributed by atoms with van der Waals surface area (Å²) in [5.74, 6) is -4.10. The van der Waals surface area contributed by atoms with E-state index in [1.54, 1.807) is 0 Å². The van der Waals surface area contributed by atoms with Crippen LogP contribution in [0.15, 0.2) is 23.3 Å². The maximum absolute atomic E-state index is 13.6. The van der Waals surface area contributed by atoms with Crippen molar-refractivity contribution in [2.75, 3.05) is 13.2 Å². The third-order valence-electron chi connectivity index (χ3n) is 7.51. The fraction of sp³-hybridized carbons (Fsp3) is 0.609. The van der Waals surface area contributed by atoms with E-state index in [-0.39, 0.29) is 16.7 Å². The number of rotatable bonds is 3. The molecule has 5 rings (SSSR count). The van der Waals surface area contributed by atoms with Crippen LogP contribution in [0.5, 0.6) is 0 Å². The van der Waals surface area contributed by atoms with Gasteiger partial charge in [-0.05, 0) is 50.2 Å². The van der Waals surface area contributed by atoms with E-state index in [2.05, 4.69) is 10.3 Å². The zero-order valence-corrected chi connectivity index (χ0v) is 18.0. The van der Waals surface area contributed by atoms with Gasteiger partial charge in [0.15, 0.2) is 17.5 Å². The molecular weight excluding hydrogens is 421 g/mol. The lowest BCUT2D eigenvalue weighted by Gasteiger charge is -2.43. The van der Waals surface area contributed by atoms with Gasteiger partial charge in [-0.15, -0.1) is 5.10 Å². The van der Waals surface area contributed by atoms with Crippen molar-refractivity contribution in [2.24, 2.45) is 10.4 Å². The lowest BCUT2D eigenvalue weighted by atomic mass is 9.70. The zero-order valence-electron chi connectivity index (χ0n) is 18.0. The van der Waals surface area contributed by atoms with Gasteiger partial charge in [0.1, 0.15) is 17.4 Å². The fourth-order valence-electron chi connectivity index (χ4n) is 5.51. The minimum absolute atomic E-state index is 0.0800. The molecule has 172 valence electrons. The van der Waals surface area contributed by atoms with E-state index in [0.717, 1.165) is 43.7 Å². The first-order valence-electron chi connectivity index (χ1n) is 11.2. The average molecular weight is 448 g/mol. The molecule has 2 fully saturated rings. The first-order chi connectivity index (χ1) is 15.3. The van der Waals surface area contributed by atoms with Crippen LogP contribution in [0.3, 0.4) is 0 Å². The molecule has 2 aliphatic heterocycles. The first kappa shape index (κ1) is 21.6. The van der Waals surface area contributed by atoms with E-state index in [1.807, 2.05) is 6.92 Å². The van der Waals surface area contributed by atoms with Crippen molar-refractivity contribution >= 4 is 5.71 Å².